The molecule has 0 aliphatic heterocycles. The Kier molecular flexibility index (Phi) is 6.29. The number of hydrogen-bond acceptors (Lipinski definition) is 4. The van der Waals surface area contributed by atoms with Gasteiger partial charge in [0.1, 0.15) is 0 Å². The molecule has 0 spiro atoms. The van der Waals surface area contributed by atoms with Gasteiger partial charge in [0, 0.05) is 35.4 Å². The molecule has 3 nitrogen and oxygen atoms in total. The average molecular weight is 269 g/mol. The van der Waals surface area contributed by atoms with E-state index >= 15 is 0 Å². The maximum atomic E-state index is 5.71. The molecule has 1 heterocycles. The Labute approximate surface area is 116 Å². The van der Waals surface area contributed by atoms with E-state index in [0.717, 1.165) is 19.6 Å². The Morgan fingerprint density at radius 2 is 2.06 bits per heavy atom. The van der Waals surface area contributed by atoms with Crippen LogP contribution < -0.4 is 5.73 Å². The van der Waals surface area contributed by atoms with E-state index in [1.165, 1.54) is 15.3 Å². The van der Waals surface area contributed by atoms with Gasteiger partial charge in [0.25, 0.3) is 0 Å². The molecule has 4 heteroatoms. The van der Waals surface area contributed by atoms with Gasteiger partial charge in [-0.1, -0.05) is 6.92 Å². The first-order valence-corrected chi connectivity index (χ1v) is 7.46. The summed E-state index contributed by atoms with van der Waals surface area (Å²) in [5.74, 6) is 0. The first kappa shape index (κ1) is 15.6. The fourth-order valence-electron chi connectivity index (χ4n) is 2.29. The molecule has 0 radical (unpaired) electrons. The van der Waals surface area contributed by atoms with Crippen LogP contribution in [0.3, 0.4) is 0 Å². The molecule has 1 rings (SSSR count). The quantitative estimate of drug-likeness (QED) is 0.824. The van der Waals surface area contributed by atoms with E-state index in [-0.39, 0.29) is 0 Å². The van der Waals surface area contributed by atoms with Crippen LogP contribution in [0.25, 0.3) is 0 Å². The summed E-state index contributed by atoms with van der Waals surface area (Å²) >= 11 is 1.83. The zero-order valence-corrected chi connectivity index (χ0v) is 13.2. The van der Waals surface area contributed by atoms with Crippen LogP contribution in [0.5, 0.6) is 0 Å². The number of aryl methyl sites for hydroxylation is 1. The van der Waals surface area contributed by atoms with E-state index in [0.29, 0.717) is 12.6 Å². The molecule has 18 heavy (non-hydrogen) atoms. The third-order valence-corrected chi connectivity index (χ3v) is 4.42. The maximum Gasteiger partial charge on any atom is 0.0274 e. The molecule has 1 unspecified atom stereocenters. The van der Waals surface area contributed by atoms with Crippen molar-refractivity contribution < 1.29 is 0 Å². The van der Waals surface area contributed by atoms with E-state index < -0.39 is 0 Å². The summed E-state index contributed by atoms with van der Waals surface area (Å²) in [7, 11) is 4.26. The Bertz CT molecular complexity index is 360. The van der Waals surface area contributed by atoms with E-state index in [4.69, 9.17) is 5.73 Å². The van der Waals surface area contributed by atoms with Crippen LogP contribution in [0.1, 0.15) is 29.2 Å². The van der Waals surface area contributed by atoms with Gasteiger partial charge in [-0.3, -0.25) is 4.90 Å². The van der Waals surface area contributed by atoms with Gasteiger partial charge in [-0.15, -0.1) is 11.3 Å². The van der Waals surface area contributed by atoms with Crippen LogP contribution in [0.15, 0.2) is 6.07 Å². The van der Waals surface area contributed by atoms with Crippen LogP contribution in [-0.4, -0.2) is 43.0 Å². The lowest BCUT2D eigenvalue weighted by Crippen LogP contribution is -2.39. The highest BCUT2D eigenvalue weighted by Crippen LogP contribution is 2.23. The molecule has 0 saturated carbocycles. The van der Waals surface area contributed by atoms with Crippen LogP contribution in [0, 0.1) is 6.92 Å². The minimum absolute atomic E-state index is 0.575. The highest BCUT2D eigenvalue weighted by Gasteiger charge is 2.15. The second-order valence-electron chi connectivity index (χ2n) is 5.17. The molecular weight excluding hydrogens is 242 g/mol. The molecule has 104 valence electrons. The predicted octanol–water partition coefficient (Wildman–Crippen LogP) is 2.29. The Hall–Kier alpha value is -0.420. The monoisotopic (exact) mass is 269 g/mol. The van der Waals surface area contributed by atoms with Crippen molar-refractivity contribution in [3.8, 4) is 0 Å². The van der Waals surface area contributed by atoms with Gasteiger partial charge in [-0.25, -0.2) is 0 Å². The number of rotatable bonds is 7. The van der Waals surface area contributed by atoms with Crippen LogP contribution in [0.2, 0.25) is 0 Å². The third kappa shape index (κ3) is 4.35. The number of thiophene rings is 1. The molecular formula is C14H27N3S. The first-order valence-electron chi connectivity index (χ1n) is 6.64. The lowest BCUT2D eigenvalue weighted by atomic mass is 10.2. The summed E-state index contributed by atoms with van der Waals surface area (Å²) in [5, 5.41) is 0. The van der Waals surface area contributed by atoms with Crippen molar-refractivity contribution >= 4 is 11.3 Å². The standard InChI is InChI=1S/C14H27N3S/c1-6-17(11(2)9-16(4)5)10-13-7-14(8-15)18-12(13)3/h7,11H,6,8-10,15H2,1-5H3. The average Bonchev–Trinajstić information content (AvgIpc) is 2.65. The highest BCUT2D eigenvalue weighted by molar-refractivity contribution is 7.12. The molecule has 0 bridgehead atoms. The van der Waals surface area contributed by atoms with E-state index in [1.807, 2.05) is 11.3 Å². The zero-order valence-electron chi connectivity index (χ0n) is 12.4. The summed E-state index contributed by atoms with van der Waals surface area (Å²) in [6, 6.07) is 2.84. The summed E-state index contributed by atoms with van der Waals surface area (Å²) in [5.41, 5.74) is 7.15. The smallest absolute Gasteiger partial charge is 0.0274 e. The first-order chi connectivity index (χ1) is 8.47. The molecule has 0 aliphatic rings. The van der Waals surface area contributed by atoms with E-state index in [2.05, 4.69) is 50.7 Å². The number of hydrogen-bond donors (Lipinski definition) is 1. The van der Waals surface area contributed by atoms with Crippen molar-refractivity contribution in [2.45, 2.75) is 39.9 Å². The van der Waals surface area contributed by atoms with Gasteiger partial charge in [0.15, 0.2) is 0 Å². The van der Waals surface area contributed by atoms with E-state index in [9.17, 15) is 0 Å². The van der Waals surface area contributed by atoms with Gasteiger partial charge in [0.05, 0.1) is 0 Å². The highest BCUT2D eigenvalue weighted by atomic mass is 32.1. The second kappa shape index (κ2) is 7.24. The molecule has 0 saturated heterocycles. The van der Waals surface area contributed by atoms with Crippen LogP contribution in [-0.2, 0) is 13.1 Å². The van der Waals surface area contributed by atoms with Gasteiger partial charge >= 0.3 is 0 Å². The number of nitrogens with two attached hydrogens (primary N) is 1. The second-order valence-corrected chi connectivity index (χ2v) is 6.51. The van der Waals surface area contributed by atoms with Crippen LogP contribution in [0.4, 0.5) is 0 Å². The summed E-state index contributed by atoms with van der Waals surface area (Å²) in [6.07, 6.45) is 0. The summed E-state index contributed by atoms with van der Waals surface area (Å²) in [6.45, 7) is 10.6. The van der Waals surface area contributed by atoms with Crippen molar-refractivity contribution in [3.63, 3.8) is 0 Å². The van der Waals surface area contributed by atoms with Crippen molar-refractivity contribution in [2.75, 3.05) is 27.2 Å². The van der Waals surface area contributed by atoms with Gasteiger partial charge < -0.3 is 10.6 Å². The summed E-state index contributed by atoms with van der Waals surface area (Å²) < 4.78 is 0. The van der Waals surface area contributed by atoms with Gasteiger partial charge in [0.2, 0.25) is 0 Å². The molecule has 1 aromatic heterocycles. The third-order valence-electron chi connectivity index (χ3n) is 3.31. The van der Waals surface area contributed by atoms with Gasteiger partial charge in [-0.2, -0.15) is 0 Å². The normalized spacial score (nSPS) is 13.6. The zero-order chi connectivity index (χ0) is 13.7. The molecule has 0 aromatic carbocycles. The SMILES string of the molecule is CCN(Cc1cc(CN)sc1C)C(C)CN(C)C. The molecule has 1 aromatic rings. The Morgan fingerprint density at radius 1 is 1.39 bits per heavy atom. The number of nitrogens with zero attached hydrogens (tertiary/aromatic N) is 2. The topological polar surface area (TPSA) is 32.5 Å². The number of likely N-dealkylation sites (N-methyl/N-ethyl adjacent to an activating group) is 2. The fraction of sp³-hybridized carbons (Fsp3) is 0.714. The van der Waals surface area contributed by atoms with E-state index in [1.54, 1.807) is 0 Å². The van der Waals surface area contributed by atoms with Crippen molar-refractivity contribution in [3.05, 3.63) is 21.4 Å². The molecule has 0 amide bonds. The largest absolute Gasteiger partial charge is 0.326 e. The Morgan fingerprint density at radius 3 is 2.50 bits per heavy atom. The lowest BCUT2D eigenvalue weighted by molar-refractivity contribution is 0.174. The predicted molar refractivity (Wildman–Crippen MR) is 81.0 cm³/mol. The molecule has 2 N–H and O–H groups in total. The Balaban J connectivity index is 2.69. The molecule has 0 fully saturated rings. The lowest BCUT2D eigenvalue weighted by Gasteiger charge is -2.30. The minimum Gasteiger partial charge on any atom is -0.326 e. The minimum atomic E-state index is 0.575. The van der Waals surface area contributed by atoms with Crippen LogP contribution >= 0.6 is 11.3 Å². The van der Waals surface area contributed by atoms with Crippen molar-refractivity contribution in [2.24, 2.45) is 5.73 Å². The fourth-order valence-corrected chi connectivity index (χ4v) is 3.22. The molecule has 1 atom stereocenters. The molecule has 0 aliphatic carbocycles. The summed E-state index contributed by atoms with van der Waals surface area (Å²) in [4.78, 5) is 7.47. The maximum absolute atomic E-state index is 5.71. The van der Waals surface area contributed by atoms with Gasteiger partial charge in [-0.05, 0) is 46.1 Å². The van der Waals surface area contributed by atoms with Crippen molar-refractivity contribution in [1.29, 1.82) is 0 Å². The van der Waals surface area contributed by atoms with Crippen molar-refractivity contribution in [1.82, 2.24) is 9.80 Å².